The van der Waals surface area contributed by atoms with Gasteiger partial charge in [0.05, 0.1) is 12.2 Å². The Labute approximate surface area is 77.5 Å². The van der Waals surface area contributed by atoms with Crippen LogP contribution in [0.5, 0.6) is 0 Å². The zero-order valence-corrected chi connectivity index (χ0v) is 7.79. The predicted octanol–water partition coefficient (Wildman–Crippen LogP) is 0.562. The first-order valence-corrected chi connectivity index (χ1v) is 4.65. The van der Waals surface area contributed by atoms with Gasteiger partial charge in [0, 0.05) is 18.2 Å². The molecule has 0 saturated heterocycles. The first-order valence-electron chi connectivity index (χ1n) is 4.65. The van der Waals surface area contributed by atoms with Crippen molar-refractivity contribution >= 4 is 0 Å². The number of nitrogens with zero attached hydrogens (tertiary/aromatic N) is 1. The van der Waals surface area contributed by atoms with E-state index in [9.17, 15) is 0 Å². The molecule has 0 spiro atoms. The van der Waals surface area contributed by atoms with Gasteiger partial charge >= 0.3 is 0 Å². The normalized spacial score (nSPS) is 27.2. The van der Waals surface area contributed by atoms with Crippen molar-refractivity contribution in [2.75, 3.05) is 0 Å². The summed E-state index contributed by atoms with van der Waals surface area (Å²) in [5.41, 5.74) is 6.60. The molecular formula is C9H15N3O. The maximum Gasteiger partial charge on any atom is 0.150 e. The number of aryl methyl sites for hydroxylation is 1. The van der Waals surface area contributed by atoms with Crippen LogP contribution in [0.15, 0.2) is 10.6 Å². The van der Waals surface area contributed by atoms with Gasteiger partial charge in [-0.3, -0.25) is 0 Å². The lowest BCUT2D eigenvalue weighted by Gasteiger charge is -2.32. The van der Waals surface area contributed by atoms with Crippen LogP contribution >= 0.6 is 0 Å². The highest BCUT2D eigenvalue weighted by Crippen LogP contribution is 2.17. The molecule has 1 aliphatic rings. The molecule has 1 saturated carbocycles. The Balaban J connectivity index is 1.74. The van der Waals surface area contributed by atoms with E-state index in [-0.39, 0.29) is 0 Å². The Morgan fingerprint density at radius 3 is 3.00 bits per heavy atom. The summed E-state index contributed by atoms with van der Waals surface area (Å²) in [5.74, 6) is 0.901. The standard InChI is InChI=1S/C9H15N3O/c1-6-2-9(13-12-6)5-11-8-3-7(10)4-8/h2,7-8,11H,3-5,10H2,1H3. The fraction of sp³-hybridized carbons (Fsp3) is 0.667. The van der Waals surface area contributed by atoms with E-state index in [4.69, 9.17) is 10.3 Å². The summed E-state index contributed by atoms with van der Waals surface area (Å²) in [5, 5.41) is 7.18. The van der Waals surface area contributed by atoms with E-state index in [0.29, 0.717) is 12.1 Å². The third kappa shape index (κ3) is 2.08. The van der Waals surface area contributed by atoms with E-state index in [0.717, 1.165) is 30.8 Å². The van der Waals surface area contributed by atoms with Crippen molar-refractivity contribution in [1.29, 1.82) is 0 Å². The molecule has 1 aliphatic carbocycles. The van der Waals surface area contributed by atoms with E-state index in [1.54, 1.807) is 0 Å². The van der Waals surface area contributed by atoms with Crippen molar-refractivity contribution in [3.8, 4) is 0 Å². The second kappa shape index (κ2) is 3.47. The van der Waals surface area contributed by atoms with Gasteiger partial charge in [0.25, 0.3) is 0 Å². The Kier molecular flexibility index (Phi) is 2.33. The van der Waals surface area contributed by atoms with Crippen molar-refractivity contribution in [3.05, 3.63) is 17.5 Å². The molecule has 1 fully saturated rings. The third-order valence-corrected chi connectivity index (χ3v) is 2.42. The summed E-state index contributed by atoms with van der Waals surface area (Å²) in [6.45, 7) is 2.69. The highest BCUT2D eigenvalue weighted by Gasteiger charge is 2.25. The van der Waals surface area contributed by atoms with Crippen LogP contribution in [-0.2, 0) is 6.54 Å². The van der Waals surface area contributed by atoms with Gasteiger partial charge in [-0.2, -0.15) is 0 Å². The highest BCUT2D eigenvalue weighted by atomic mass is 16.5. The van der Waals surface area contributed by atoms with Gasteiger partial charge in [0.2, 0.25) is 0 Å². The van der Waals surface area contributed by atoms with E-state index < -0.39 is 0 Å². The lowest BCUT2D eigenvalue weighted by Crippen LogP contribution is -2.48. The van der Waals surface area contributed by atoms with Gasteiger partial charge < -0.3 is 15.6 Å². The van der Waals surface area contributed by atoms with Crippen LogP contribution in [0.1, 0.15) is 24.3 Å². The van der Waals surface area contributed by atoms with E-state index in [1.807, 2.05) is 13.0 Å². The summed E-state index contributed by atoms with van der Waals surface area (Å²) >= 11 is 0. The van der Waals surface area contributed by atoms with Crippen molar-refractivity contribution in [1.82, 2.24) is 10.5 Å². The molecule has 1 aromatic heterocycles. The van der Waals surface area contributed by atoms with E-state index >= 15 is 0 Å². The fourth-order valence-electron chi connectivity index (χ4n) is 1.57. The Morgan fingerprint density at radius 1 is 1.69 bits per heavy atom. The SMILES string of the molecule is Cc1cc(CNC2CC(N)C2)on1. The molecule has 13 heavy (non-hydrogen) atoms. The zero-order valence-electron chi connectivity index (χ0n) is 7.79. The molecule has 0 aromatic carbocycles. The molecule has 72 valence electrons. The van der Waals surface area contributed by atoms with Gasteiger partial charge in [-0.1, -0.05) is 5.16 Å². The van der Waals surface area contributed by atoms with Gasteiger partial charge in [-0.15, -0.1) is 0 Å². The summed E-state index contributed by atoms with van der Waals surface area (Å²) in [4.78, 5) is 0. The van der Waals surface area contributed by atoms with Gasteiger partial charge in [-0.25, -0.2) is 0 Å². The summed E-state index contributed by atoms with van der Waals surface area (Å²) in [6.07, 6.45) is 2.15. The second-order valence-corrected chi connectivity index (χ2v) is 3.74. The highest BCUT2D eigenvalue weighted by molar-refractivity contribution is 5.03. The predicted molar refractivity (Wildman–Crippen MR) is 49.1 cm³/mol. The molecular weight excluding hydrogens is 166 g/mol. The first-order chi connectivity index (χ1) is 6.24. The Morgan fingerprint density at radius 2 is 2.46 bits per heavy atom. The molecule has 1 heterocycles. The van der Waals surface area contributed by atoms with Crippen LogP contribution in [0.4, 0.5) is 0 Å². The topological polar surface area (TPSA) is 64.1 Å². The van der Waals surface area contributed by atoms with Crippen molar-refractivity contribution in [2.45, 2.75) is 38.4 Å². The van der Waals surface area contributed by atoms with E-state index in [1.165, 1.54) is 0 Å². The number of nitrogens with one attached hydrogen (secondary N) is 1. The lowest BCUT2D eigenvalue weighted by atomic mass is 9.88. The lowest BCUT2D eigenvalue weighted by molar-refractivity contribution is 0.275. The van der Waals surface area contributed by atoms with Crippen LogP contribution in [0.3, 0.4) is 0 Å². The molecule has 1 aromatic rings. The van der Waals surface area contributed by atoms with Crippen LogP contribution in [0.2, 0.25) is 0 Å². The van der Waals surface area contributed by atoms with Crippen molar-refractivity contribution < 1.29 is 4.52 Å². The fourth-order valence-corrected chi connectivity index (χ4v) is 1.57. The molecule has 0 unspecified atom stereocenters. The molecule has 0 amide bonds. The Hall–Kier alpha value is -0.870. The van der Waals surface area contributed by atoms with Crippen molar-refractivity contribution in [3.63, 3.8) is 0 Å². The molecule has 0 aliphatic heterocycles. The minimum absolute atomic E-state index is 0.397. The maximum atomic E-state index is 5.67. The minimum Gasteiger partial charge on any atom is -0.360 e. The molecule has 4 nitrogen and oxygen atoms in total. The molecule has 0 radical (unpaired) electrons. The Bertz CT molecular complexity index is 278. The maximum absolute atomic E-state index is 5.67. The van der Waals surface area contributed by atoms with Gasteiger partial charge in [0.15, 0.2) is 5.76 Å². The molecule has 0 bridgehead atoms. The molecule has 0 atom stereocenters. The van der Waals surface area contributed by atoms with Gasteiger partial charge in [-0.05, 0) is 19.8 Å². The van der Waals surface area contributed by atoms with Crippen LogP contribution in [0, 0.1) is 6.92 Å². The number of hydrogen-bond acceptors (Lipinski definition) is 4. The first kappa shape index (κ1) is 8.72. The van der Waals surface area contributed by atoms with Gasteiger partial charge in [0.1, 0.15) is 0 Å². The minimum atomic E-state index is 0.397. The summed E-state index contributed by atoms with van der Waals surface area (Å²) in [7, 11) is 0. The summed E-state index contributed by atoms with van der Waals surface area (Å²) in [6, 6.07) is 2.92. The average molecular weight is 181 g/mol. The molecule has 3 N–H and O–H groups in total. The second-order valence-electron chi connectivity index (χ2n) is 3.74. The smallest absolute Gasteiger partial charge is 0.150 e. The summed E-state index contributed by atoms with van der Waals surface area (Å²) < 4.78 is 5.07. The average Bonchev–Trinajstić information content (AvgIpc) is 2.43. The number of nitrogens with two attached hydrogens (primary N) is 1. The third-order valence-electron chi connectivity index (χ3n) is 2.42. The largest absolute Gasteiger partial charge is 0.360 e. The monoisotopic (exact) mass is 181 g/mol. The zero-order chi connectivity index (χ0) is 9.26. The van der Waals surface area contributed by atoms with Crippen molar-refractivity contribution in [2.24, 2.45) is 5.73 Å². The van der Waals surface area contributed by atoms with Crippen LogP contribution < -0.4 is 11.1 Å². The molecule has 2 rings (SSSR count). The number of hydrogen-bond donors (Lipinski definition) is 2. The van der Waals surface area contributed by atoms with Crippen LogP contribution in [-0.4, -0.2) is 17.2 Å². The van der Waals surface area contributed by atoms with Crippen LogP contribution in [0.25, 0.3) is 0 Å². The number of rotatable bonds is 3. The quantitative estimate of drug-likeness (QED) is 0.715. The molecule has 4 heteroatoms. The number of aromatic nitrogens is 1. The van der Waals surface area contributed by atoms with E-state index in [2.05, 4.69) is 10.5 Å².